The molecule has 0 bridgehead atoms. The highest BCUT2D eigenvalue weighted by molar-refractivity contribution is 5.78. The van der Waals surface area contributed by atoms with Crippen LogP contribution in [-0.2, 0) is 11.3 Å². The van der Waals surface area contributed by atoms with Crippen molar-refractivity contribution in [2.45, 2.75) is 45.8 Å². The molecule has 0 saturated heterocycles. The summed E-state index contributed by atoms with van der Waals surface area (Å²) in [5.74, 6) is 0.174. The molecule has 6 nitrogen and oxygen atoms in total. The number of amides is 1. The number of nitrogens with one attached hydrogen (secondary N) is 1. The Morgan fingerprint density at radius 3 is 2.79 bits per heavy atom. The molecule has 6 heteroatoms. The number of fused-ring (bicyclic) bond motifs is 1. The first-order valence-corrected chi connectivity index (χ1v) is 8.22. The quantitative estimate of drug-likeness (QED) is 0.809. The van der Waals surface area contributed by atoms with E-state index in [0.29, 0.717) is 23.2 Å². The molecular weight excluding hydrogens is 306 g/mol. The Bertz CT molecular complexity index is 765. The van der Waals surface area contributed by atoms with Gasteiger partial charge in [0.15, 0.2) is 0 Å². The minimum atomic E-state index is -0.952. The summed E-state index contributed by atoms with van der Waals surface area (Å²) in [4.78, 5) is 28.6. The summed E-state index contributed by atoms with van der Waals surface area (Å²) in [6.45, 7) is 5.94. The Morgan fingerprint density at radius 2 is 2.08 bits per heavy atom. The molecule has 0 spiro atoms. The van der Waals surface area contributed by atoms with Gasteiger partial charge in [-0.3, -0.25) is 14.2 Å². The van der Waals surface area contributed by atoms with E-state index in [0.717, 1.165) is 6.42 Å². The minimum Gasteiger partial charge on any atom is -0.388 e. The van der Waals surface area contributed by atoms with E-state index in [1.54, 1.807) is 25.1 Å². The van der Waals surface area contributed by atoms with Crippen molar-refractivity contribution in [2.75, 3.05) is 6.54 Å². The Hall–Kier alpha value is -2.21. The maximum atomic E-state index is 12.3. The number of rotatable bonds is 7. The smallest absolute Gasteiger partial charge is 0.261 e. The lowest BCUT2D eigenvalue weighted by atomic mass is 9.95. The zero-order valence-electron chi connectivity index (χ0n) is 14.5. The van der Waals surface area contributed by atoms with Crippen molar-refractivity contribution in [3.8, 4) is 0 Å². The van der Waals surface area contributed by atoms with Crippen molar-refractivity contribution in [1.29, 1.82) is 0 Å². The van der Waals surface area contributed by atoms with Gasteiger partial charge in [0.05, 0.1) is 22.8 Å². The summed E-state index contributed by atoms with van der Waals surface area (Å²) < 4.78 is 1.28. The SMILES string of the molecule is CC(C)CCC(C)(O)CNC(=O)Cn1cnc2ccccc2c1=O. The van der Waals surface area contributed by atoms with Crippen molar-refractivity contribution >= 4 is 16.8 Å². The molecule has 0 aliphatic rings. The maximum absolute atomic E-state index is 12.3. The van der Waals surface area contributed by atoms with Crippen LogP contribution in [0.5, 0.6) is 0 Å². The fraction of sp³-hybridized carbons (Fsp3) is 0.500. The van der Waals surface area contributed by atoms with Gasteiger partial charge in [0.1, 0.15) is 6.54 Å². The van der Waals surface area contributed by atoms with Crippen molar-refractivity contribution in [2.24, 2.45) is 5.92 Å². The van der Waals surface area contributed by atoms with Crippen LogP contribution in [0.25, 0.3) is 10.9 Å². The third-order valence-corrected chi connectivity index (χ3v) is 3.97. The highest BCUT2D eigenvalue weighted by Crippen LogP contribution is 2.15. The molecule has 2 N–H and O–H groups in total. The molecule has 1 heterocycles. The molecule has 1 aromatic heterocycles. The highest BCUT2D eigenvalue weighted by Gasteiger charge is 2.21. The number of aliphatic hydroxyl groups is 1. The van der Waals surface area contributed by atoms with Crippen LogP contribution in [0.1, 0.15) is 33.6 Å². The van der Waals surface area contributed by atoms with E-state index in [4.69, 9.17) is 0 Å². The largest absolute Gasteiger partial charge is 0.388 e. The summed E-state index contributed by atoms with van der Waals surface area (Å²) in [7, 11) is 0. The average molecular weight is 331 g/mol. The van der Waals surface area contributed by atoms with Crippen LogP contribution in [0, 0.1) is 5.92 Å². The predicted octanol–water partition coefficient (Wildman–Crippen LogP) is 1.70. The summed E-state index contributed by atoms with van der Waals surface area (Å²) >= 11 is 0. The predicted molar refractivity (Wildman–Crippen MR) is 93.7 cm³/mol. The molecule has 1 aromatic carbocycles. The Morgan fingerprint density at radius 1 is 1.38 bits per heavy atom. The average Bonchev–Trinajstić information content (AvgIpc) is 2.54. The number of benzene rings is 1. The Balaban J connectivity index is 1.98. The highest BCUT2D eigenvalue weighted by atomic mass is 16.3. The standard InChI is InChI=1S/C18H25N3O3/c1-13(2)8-9-18(3,24)11-19-16(22)10-21-12-20-15-7-5-4-6-14(15)17(21)23/h4-7,12-13,24H,8-11H2,1-3H3,(H,19,22). The fourth-order valence-electron chi connectivity index (χ4n) is 2.41. The molecule has 2 aromatic rings. The van der Waals surface area contributed by atoms with Gasteiger partial charge in [0.25, 0.3) is 5.56 Å². The molecular formula is C18H25N3O3. The van der Waals surface area contributed by atoms with Gasteiger partial charge in [-0.05, 0) is 37.8 Å². The molecule has 0 aliphatic carbocycles. The molecule has 0 radical (unpaired) electrons. The fourth-order valence-corrected chi connectivity index (χ4v) is 2.41. The minimum absolute atomic E-state index is 0.114. The van der Waals surface area contributed by atoms with E-state index in [1.807, 2.05) is 6.07 Å². The van der Waals surface area contributed by atoms with Crippen LogP contribution in [0.3, 0.4) is 0 Å². The number of para-hydroxylation sites is 1. The van der Waals surface area contributed by atoms with E-state index in [2.05, 4.69) is 24.1 Å². The van der Waals surface area contributed by atoms with Gasteiger partial charge in [-0.2, -0.15) is 0 Å². The second kappa shape index (κ2) is 7.57. The van der Waals surface area contributed by atoms with Gasteiger partial charge in [-0.1, -0.05) is 26.0 Å². The molecule has 1 amide bonds. The summed E-state index contributed by atoms with van der Waals surface area (Å²) in [6, 6.07) is 7.02. The first kappa shape index (κ1) is 18.1. The number of aromatic nitrogens is 2. The zero-order chi connectivity index (χ0) is 17.7. The monoisotopic (exact) mass is 331 g/mol. The van der Waals surface area contributed by atoms with Crippen LogP contribution >= 0.6 is 0 Å². The van der Waals surface area contributed by atoms with Gasteiger partial charge < -0.3 is 10.4 Å². The second-order valence-corrected chi connectivity index (χ2v) is 6.90. The summed E-state index contributed by atoms with van der Waals surface area (Å²) in [6.07, 6.45) is 2.88. The second-order valence-electron chi connectivity index (χ2n) is 6.90. The van der Waals surface area contributed by atoms with E-state index >= 15 is 0 Å². The number of carbonyl (C=O) groups is 1. The lowest BCUT2D eigenvalue weighted by Crippen LogP contribution is -2.42. The molecule has 24 heavy (non-hydrogen) atoms. The third kappa shape index (κ3) is 4.89. The molecule has 0 saturated carbocycles. The Kier molecular flexibility index (Phi) is 5.72. The topological polar surface area (TPSA) is 84.2 Å². The first-order chi connectivity index (χ1) is 11.3. The van der Waals surface area contributed by atoms with Crippen molar-refractivity contribution < 1.29 is 9.90 Å². The lowest BCUT2D eigenvalue weighted by molar-refractivity contribution is -0.122. The molecule has 1 atom stereocenters. The zero-order valence-corrected chi connectivity index (χ0v) is 14.5. The van der Waals surface area contributed by atoms with E-state index in [1.165, 1.54) is 10.9 Å². The van der Waals surface area contributed by atoms with E-state index in [-0.39, 0.29) is 24.6 Å². The molecule has 0 aliphatic heterocycles. The van der Waals surface area contributed by atoms with Crippen LogP contribution < -0.4 is 10.9 Å². The van der Waals surface area contributed by atoms with E-state index < -0.39 is 5.60 Å². The van der Waals surface area contributed by atoms with Crippen LogP contribution in [0.2, 0.25) is 0 Å². The van der Waals surface area contributed by atoms with Gasteiger partial charge in [-0.25, -0.2) is 4.98 Å². The molecule has 0 fully saturated rings. The number of hydrogen-bond donors (Lipinski definition) is 2. The van der Waals surface area contributed by atoms with Gasteiger partial charge in [-0.15, -0.1) is 0 Å². The third-order valence-electron chi connectivity index (χ3n) is 3.97. The summed E-state index contributed by atoms with van der Waals surface area (Å²) in [5, 5.41) is 13.5. The lowest BCUT2D eigenvalue weighted by Gasteiger charge is -2.24. The molecule has 1 unspecified atom stereocenters. The maximum Gasteiger partial charge on any atom is 0.261 e. The summed E-state index contributed by atoms with van der Waals surface area (Å²) in [5.41, 5.74) is -0.593. The Labute approximate surface area is 141 Å². The van der Waals surface area contributed by atoms with Gasteiger partial charge in [0, 0.05) is 6.54 Å². The van der Waals surface area contributed by atoms with Crippen LogP contribution in [0.4, 0.5) is 0 Å². The normalized spacial score (nSPS) is 13.9. The van der Waals surface area contributed by atoms with Crippen molar-refractivity contribution in [1.82, 2.24) is 14.9 Å². The molecule has 2 rings (SSSR count). The van der Waals surface area contributed by atoms with E-state index in [9.17, 15) is 14.7 Å². The number of carbonyl (C=O) groups excluding carboxylic acids is 1. The van der Waals surface area contributed by atoms with Crippen molar-refractivity contribution in [3.05, 3.63) is 40.9 Å². The van der Waals surface area contributed by atoms with Crippen LogP contribution in [0.15, 0.2) is 35.4 Å². The van der Waals surface area contributed by atoms with Crippen LogP contribution in [-0.4, -0.2) is 32.7 Å². The number of nitrogens with zero attached hydrogens (tertiary/aromatic N) is 2. The molecule has 130 valence electrons. The van der Waals surface area contributed by atoms with Gasteiger partial charge >= 0.3 is 0 Å². The van der Waals surface area contributed by atoms with Crippen molar-refractivity contribution in [3.63, 3.8) is 0 Å². The first-order valence-electron chi connectivity index (χ1n) is 8.22. The number of hydrogen-bond acceptors (Lipinski definition) is 4. The van der Waals surface area contributed by atoms with Gasteiger partial charge in [0.2, 0.25) is 5.91 Å².